The monoisotopic (exact) mass is 386 g/mol. The van der Waals surface area contributed by atoms with Gasteiger partial charge >= 0.3 is 5.97 Å². The van der Waals surface area contributed by atoms with Gasteiger partial charge in [-0.2, -0.15) is 4.52 Å². The van der Waals surface area contributed by atoms with Gasteiger partial charge in [-0.15, -0.1) is 16.4 Å². The van der Waals surface area contributed by atoms with E-state index in [0.29, 0.717) is 34.3 Å². The molecule has 0 aliphatic heterocycles. The van der Waals surface area contributed by atoms with Crippen LogP contribution in [0.4, 0.5) is 10.8 Å². The van der Waals surface area contributed by atoms with Gasteiger partial charge in [0.05, 0.1) is 12.2 Å². The van der Waals surface area contributed by atoms with Gasteiger partial charge in [-0.3, -0.25) is 0 Å². The maximum atomic E-state index is 12.6. The van der Waals surface area contributed by atoms with Crippen molar-refractivity contribution < 1.29 is 14.2 Å². The Labute approximate surface area is 155 Å². The van der Waals surface area contributed by atoms with Crippen molar-refractivity contribution in [3.05, 3.63) is 16.0 Å². The zero-order valence-electron chi connectivity index (χ0n) is 14.3. The summed E-state index contributed by atoms with van der Waals surface area (Å²) in [5, 5.41) is 23.0. The molecule has 0 aromatic carbocycles. The van der Waals surface area contributed by atoms with Gasteiger partial charge in [-0.1, -0.05) is 0 Å². The number of rotatable bonds is 4. The average molecular weight is 386 g/mol. The van der Waals surface area contributed by atoms with Crippen molar-refractivity contribution in [3.63, 3.8) is 0 Å². The fraction of sp³-hybridized carbons (Fsp3) is 0.400. The number of esters is 1. The summed E-state index contributed by atoms with van der Waals surface area (Å²) in [4.78, 5) is 18.2. The molecule has 0 saturated heterocycles. The number of nitrogens with zero attached hydrogens (tertiary/aromatic N) is 7. The number of nitrogens with one attached hydrogen (secondary N) is 1. The largest absolute Gasteiger partial charge is 0.462 e. The highest BCUT2D eigenvalue weighted by Gasteiger charge is 2.27. The van der Waals surface area contributed by atoms with Crippen molar-refractivity contribution in [2.24, 2.45) is 0 Å². The van der Waals surface area contributed by atoms with Crippen LogP contribution in [0, 0.1) is 0 Å². The summed E-state index contributed by atoms with van der Waals surface area (Å²) in [5.74, 6) is 0.0338. The number of aryl methyl sites for hydroxylation is 1. The van der Waals surface area contributed by atoms with E-state index in [1.807, 2.05) is 0 Å². The van der Waals surface area contributed by atoms with Crippen LogP contribution in [-0.2, 0) is 17.6 Å². The fourth-order valence-corrected chi connectivity index (χ4v) is 4.56. The van der Waals surface area contributed by atoms with Crippen LogP contribution in [-0.4, -0.2) is 47.9 Å². The zero-order chi connectivity index (χ0) is 18.4. The molecule has 1 aliphatic rings. The van der Waals surface area contributed by atoms with Crippen molar-refractivity contribution in [1.29, 1.82) is 0 Å². The summed E-state index contributed by atoms with van der Waals surface area (Å²) in [6, 6.07) is 0. The van der Waals surface area contributed by atoms with Crippen molar-refractivity contribution >= 4 is 45.1 Å². The molecule has 1 N–H and O–H groups in total. The molecule has 138 valence electrons. The molecule has 4 aromatic heterocycles. The molecule has 0 bridgehead atoms. The molecule has 0 amide bonds. The predicted octanol–water partition coefficient (Wildman–Crippen LogP) is 1.92. The highest BCUT2D eigenvalue weighted by Crippen LogP contribution is 2.40. The molecule has 11 nitrogen and oxygen atoms in total. The maximum absolute atomic E-state index is 12.6. The average Bonchev–Trinajstić information content (AvgIpc) is 3.39. The first-order valence-corrected chi connectivity index (χ1v) is 9.37. The standard InChI is InChI=1S/C15H14N8O3S/c1-2-25-15(24)9-7-5-3-4-6-8(7)27-14(9)17-10-12-18-21-22-23(12)13-11(16-10)19-26-20-13/h2-6H2,1H3,(H,16,17,19). The van der Waals surface area contributed by atoms with E-state index in [4.69, 9.17) is 9.37 Å². The van der Waals surface area contributed by atoms with Gasteiger partial charge in [-0.05, 0) is 58.9 Å². The first kappa shape index (κ1) is 16.1. The summed E-state index contributed by atoms with van der Waals surface area (Å²) in [7, 11) is 0. The van der Waals surface area contributed by atoms with Crippen LogP contribution in [0.1, 0.15) is 40.6 Å². The van der Waals surface area contributed by atoms with Gasteiger partial charge in [0, 0.05) is 4.88 Å². The first-order chi connectivity index (χ1) is 13.3. The van der Waals surface area contributed by atoms with Crippen LogP contribution < -0.4 is 5.32 Å². The van der Waals surface area contributed by atoms with Gasteiger partial charge in [0.2, 0.25) is 16.9 Å². The quantitative estimate of drug-likeness (QED) is 0.518. The van der Waals surface area contributed by atoms with E-state index in [9.17, 15) is 4.79 Å². The molecule has 4 heterocycles. The lowest BCUT2D eigenvalue weighted by atomic mass is 9.95. The van der Waals surface area contributed by atoms with E-state index >= 15 is 0 Å². The Bertz CT molecular complexity index is 1160. The Kier molecular flexibility index (Phi) is 3.70. The van der Waals surface area contributed by atoms with Crippen molar-refractivity contribution in [1.82, 2.24) is 35.3 Å². The summed E-state index contributed by atoms with van der Waals surface area (Å²) in [6.07, 6.45) is 3.99. The Morgan fingerprint density at radius 3 is 3.07 bits per heavy atom. The molecule has 0 saturated carbocycles. The van der Waals surface area contributed by atoms with E-state index in [0.717, 1.165) is 31.2 Å². The van der Waals surface area contributed by atoms with Crippen LogP contribution in [0.2, 0.25) is 0 Å². The molecule has 0 atom stereocenters. The number of carbonyl (C=O) groups excluding carboxylic acids is 1. The summed E-state index contributed by atoms with van der Waals surface area (Å²) >= 11 is 1.54. The lowest BCUT2D eigenvalue weighted by molar-refractivity contribution is 0.0526. The fourth-order valence-electron chi connectivity index (χ4n) is 3.28. The van der Waals surface area contributed by atoms with Crippen LogP contribution in [0.3, 0.4) is 0 Å². The molecule has 27 heavy (non-hydrogen) atoms. The van der Waals surface area contributed by atoms with E-state index in [1.165, 1.54) is 9.39 Å². The second kappa shape index (κ2) is 6.23. The second-order valence-electron chi connectivity index (χ2n) is 6.05. The first-order valence-electron chi connectivity index (χ1n) is 8.55. The Morgan fingerprint density at radius 1 is 1.30 bits per heavy atom. The van der Waals surface area contributed by atoms with E-state index in [2.05, 4.69) is 36.1 Å². The van der Waals surface area contributed by atoms with Crippen LogP contribution in [0.25, 0.3) is 16.9 Å². The van der Waals surface area contributed by atoms with Crippen LogP contribution in [0.15, 0.2) is 4.63 Å². The molecule has 1 aliphatic carbocycles. The molecule has 0 unspecified atom stereocenters. The summed E-state index contributed by atoms with van der Waals surface area (Å²) < 4.78 is 11.4. The number of aromatic nitrogens is 7. The van der Waals surface area contributed by atoms with Crippen molar-refractivity contribution in [2.45, 2.75) is 32.6 Å². The third-order valence-corrected chi connectivity index (χ3v) is 5.64. The van der Waals surface area contributed by atoms with E-state index in [-0.39, 0.29) is 11.6 Å². The van der Waals surface area contributed by atoms with Gasteiger partial charge < -0.3 is 10.1 Å². The summed E-state index contributed by atoms with van der Waals surface area (Å²) in [6.45, 7) is 2.11. The number of ether oxygens (including phenoxy) is 1. The Hall–Kier alpha value is -3.15. The Balaban J connectivity index is 1.65. The zero-order valence-corrected chi connectivity index (χ0v) is 15.1. The minimum Gasteiger partial charge on any atom is -0.462 e. The molecule has 0 radical (unpaired) electrons. The minimum absolute atomic E-state index is 0.260. The van der Waals surface area contributed by atoms with Gasteiger partial charge in [0.25, 0.3) is 0 Å². The van der Waals surface area contributed by atoms with Gasteiger partial charge in [0.1, 0.15) is 5.00 Å². The van der Waals surface area contributed by atoms with Crippen LogP contribution >= 0.6 is 11.3 Å². The number of carbonyl (C=O) groups is 1. The molecule has 0 fully saturated rings. The third kappa shape index (κ3) is 2.51. The minimum atomic E-state index is -0.334. The van der Waals surface area contributed by atoms with Crippen molar-refractivity contribution in [3.8, 4) is 0 Å². The highest BCUT2D eigenvalue weighted by atomic mass is 32.1. The van der Waals surface area contributed by atoms with E-state index in [1.54, 1.807) is 18.3 Å². The lowest BCUT2D eigenvalue weighted by Crippen LogP contribution is -2.11. The number of fused-ring (bicyclic) bond motifs is 4. The van der Waals surface area contributed by atoms with E-state index < -0.39 is 0 Å². The normalized spacial score (nSPS) is 13.8. The molecule has 5 rings (SSSR count). The molecular formula is C15H14N8O3S. The van der Waals surface area contributed by atoms with Gasteiger partial charge in [0.15, 0.2) is 5.82 Å². The van der Waals surface area contributed by atoms with Crippen molar-refractivity contribution in [2.75, 3.05) is 11.9 Å². The number of hydrogen-bond acceptors (Lipinski definition) is 11. The second-order valence-corrected chi connectivity index (χ2v) is 7.15. The third-order valence-electron chi connectivity index (χ3n) is 4.44. The molecule has 4 aromatic rings. The molecule has 12 heteroatoms. The predicted molar refractivity (Wildman–Crippen MR) is 94.1 cm³/mol. The van der Waals surface area contributed by atoms with Crippen LogP contribution in [0.5, 0.6) is 0 Å². The maximum Gasteiger partial charge on any atom is 0.341 e. The molecular weight excluding hydrogens is 372 g/mol. The lowest BCUT2D eigenvalue weighted by Gasteiger charge is -2.12. The number of anilines is 2. The SMILES string of the molecule is CCOC(=O)c1c(Nc2nc3nonc3n3nnnc23)sc2c1CCCC2. The smallest absolute Gasteiger partial charge is 0.341 e. The highest BCUT2D eigenvalue weighted by molar-refractivity contribution is 7.16. The summed E-state index contributed by atoms with van der Waals surface area (Å²) in [5.41, 5.74) is 2.57. The Morgan fingerprint density at radius 2 is 2.19 bits per heavy atom. The number of hydrogen-bond donors (Lipinski definition) is 1. The van der Waals surface area contributed by atoms with Gasteiger partial charge in [-0.25, -0.2) is 14.4 Å². The number of tetrazole rings is 1. The number of thiophene rings is 1. The molecule has 0 spiro atoms. The topological polar surface area (TPSA) is 133 Å².